The molecule has 1 aromatic carbocycles. The van der Waals surface area contributed by atoms with Crippen molar-refractivity contribution in [3.63, 3.8) is 0 Å². The Morgan fingerprint density at radius 1 is 1.41 bits per heavy atom. The second-order valence-corrected chi connectivity index (χ2v) is 4.59. The van der Waals surface area contributed by atoms with Crippen LogP contribution in [0.5, 0.6) is 5.75 Å². The van der Waals surface area contributed by atoms with Crippen LogP contribution in [0.2, 0.25) is 5.02 Å². The zero-order valence-corrected chi connectivity index (χ0v) is 11.5. The van der Waals surface area contributed by atoms with Crippen molar-refractivity contribution in [1.29, 1.82) is 0 Å². The van der Waals surface area contributed by atoms with Gasteiger partial charge in [0.2, 0.25) is 0 Å². The van der Waals surface area contributed by atoms with Gasteiger partial charge in [0, 0.05) is 6.04 Å². The zero-order chi connectivity index (χ0) is 12.8. The summed E-state index contributed by atoms with van der Waals surface area (Å²) in [4.78, 5) is 2.15. The van der Waals surface area contributed by atoms with E-state index in [9.17, 15) is 0 Å². The maximum atomic E-state index is 6.18. The number of halogens is 1. The first-order chi connectivity index (χ1) is 8.10. The van der Waals surface area contributed by atoms with Crippen molar-refractivity contribution in [2.75, 3.05) is 27.2 Å². The van der Waals surface area contributed by atoms with Gasteiger partial charge in [-0.25, -0.2) is 0 Å². The molecule has 4 heteroatoms. The van der Waals surface area contributed by atoms with Crippen LogP contribution in [0.1, 0.15) is 24.9 Å². The summed E-state index contributed by atoms with van der Waals surface area (Å²) in [7, 11) is 4.09. The highest BCUT2D eigenvalue weighted by molar-refractivity contribution is 6.32. The first-order valence-corrected chi connectivity index (χ1v) is 6.26. The van der Waals surface area contributed by atoms with Crippen molar-refractivity contribution in [1.82, 2.24) is 4.90 Å². The van der Waals surface area contributed by atoms with Gasteiger partial charge in [0.15, 0.2) is 0 Å². The van der Waals surface area contributed by atoms with Crippen LogP contribution in [0.4, 0.5) is 0 Å². The topological polar surface area (TPSA) is 38.5 Å². The lowest BCUT2D eigenvalue weighted by atomic mass is 10.0. The number of benzene rings is 1. The third-order valence-electron chi connectivity index (χ3n) is 2.70. The van der Waals surface area contributed by atoms with Crippen LogP contribution >= 0.6 is 11.6 Å². The molecule has 96 valence electrons. The largest absolute Gasteiger partial charge is 0.492 e. The summed E-state index contributed by atoms with van der Waals surface area (Å²) in [6.07, 6.45) is 0.914. The molecular formula is C13H21ClN2O. The fourth-order valence-electron chi connectivity index (χ4n) is 1.88. The lowest BCUT2D eigenvalue weighted by Crippen LogP contribution is -2.22. The van der Waals surface area contributed by atoms with Crippen LogP contribution in [0, 0.1) is 0 Å². The normalized spacial score (nSPS) is 12.8. The van der Waals surface area contributed by atoms with Gasteiger partial charge >= 0.3 is 0 Å². The molecule has 17 heavy (non-hydrogen) atoms. The summed E-state index contributed by atoms with van der Waals surface area (Å²) in [6, 6.07) is 6.24. The van der Waals surface area contributed by atoms with E-state index in [1.807, 2.05) is 33.2 Å². The Labute approximate surface area is 109 Å². The number of rotatable bonds is 6. The molecule has 0 heterocycles. The summed E-state index contributed by atoms with van der Waals surface area (Å²) < 4.78 is 5.42. The summed E-state index contributed by atoms with van der Waals surface area (Å²) >= 11 is 6.18. The van der Waals surface area contributed by atoms with Crippen molar-refractivity contribution in [3.8, 4) is 5.75 Å². The molecule has 0 aliphatic heterocycles. The number of nitrogens with zero attached hydrogens (tertiary/aromatic N) is 1. The average molecular weight is 257 g/mol. The Hall–Kier alpha value is -0.770. The molecule has 1 unspecified atom stereocenters. The molecule has 0 aliphatic carbocycles. The zero-order valence-electron chi connectivity index (χ0n) is 10.7. The Bertz CT molecular complexity index is 355. The first-order valence-electron chi connectivity index (χ1n) is 5.88. The van der Waals surface area contributed by atoms with E-state index in [1.54, 1.807) is 0 Å². The molecule has 0 spiro atoms. The number of hydrogen-bond acceptors (Lipinski definition) is 3. The van der Waals surface area contributed by atoms with E-state index in [-0.39, 0.29) is 0 Å². The van der Waals surface area contributed by atoms with Gasteiger partial charge in [-0.15, -0.1) is 0 Å². The van der Waals surface area contributed by atoms with Gasteiger partial charge in [-0.3, -0.25) is 0 Å². The lowest BCUT2D eigenvalue weighted by molar-refractivity contribution is 0.286. The van der Waals surface area contributed by atoms with E-state index >= 15 is 0 Å². The van der Waals surface area contributed by atoms with E-state index in [0.717, 1.165) is 12.2 Å². The average Bonchev–Trinajstić information content (AvgIpc) is 2.28. The Morgan fingerprint density at radius 2 is 2.12 bits per heavy atom. The molecule has 1 rings (SSSR count). The smallest absolute Gasteiger partial charge is 0.137 e. The minimum Gasteiger partial charge on any atom is -0.492 e. The maximum Gasteiger partial charge on any atom is 0.137 e. The lowest BCUT2D eigenvalue weighted by Gasteiger charge is -2.24. The highest BCUT2D eigenvalue weighted by Gasteiger charge is 2.14. The fourth-order valence-corrected chi connectivity index (χ4v) is 2.12. The SMILES string of the molecule is CCOc1ccc(C(CCN)N(C)C)cc1Cl. The molecule has 3 nitrogen and oxygen atoms in total. The molecule has 0 aromatic heterocycles. The molecule has 0 radical (unpaired) electrons. The predicted molar refractivity (Wildman–Crippen MR) is 72.7 cm³/mol. The monoisotopic (exact) mass is 256 g/mol. The van der Waals surface area contributed by atoms with Crippen molar-refractivity contribution in [2.45, 2.75) is 19.4 Å². The predicted octanol–water partition coefficient (Wildman–Crippen LogP) is 2.69. The van der Waals surface area contributed by atoms with Crippen LogP contribution in [-0.4, -0.2) is 32.1 Å². The van der Waals surface area contributed by atoms with Gasteiger partial charge in [-0.05, 0) is 51.7 Å². The van der Waals surface area contributed by atoms with Crippen molar-refractivity contribution >= 4 is 11.6 Å². The summed E-state index contributed by atoms with van der Waals surface area (Å²) in [5.74, 6) is 0.739. The second kappa shape index (κ2) is 6.84. The van der Waals surface area contributed by atoms with E-state index in [2.05, 4.69) is 11.0 Å². The van der Waals surface area contributed by atoms with E-state index in [0.29, 0.717) is 24.2 Å². The van der Waals surface area contributed by atoms with Gasteiger partial charge in [0.25, 0.3) is 0 Å². The minimum absolute atomic E-state index is 0.299. The second-order valence-electron chi connectivity index (χ2n) is 4.18. The maximum absolute atomic E-state index is 6.18. The quantitative estimate of drug-likeness (QED) is 0.851. The van der Waals surface area contributed by atoms with E-state index in [4.69, 9.17) is 22.1 Å². The molecule has 0 saturated heterocycles. The Morgan fingerprint density at radius 3 is 2.59 bits per heavy atom. The van der Waals surface area contributed by atoms with Crippen LogP contribution in [0.15, 0.2) is 18.2 Å². The molecule has 0 aliphatic rings. The highest BCUT2D eigenvalue weighted by Crippen LogP contribution is 2.30. The summed E-state index contributed by atoms with van der Waals surface area (Å²) in [5.41, 5.74) is 6.81. The molecule has 1 atom stereocenters. The van der Waals surface area contributed by atoms with Gasteiger partial charge in [-0.2, -0.15) is 0 Å². The molecule has 1 aromatic rings. The van der Waals surface area contributed by atoms with Crippen LogP contribution in [-0.2, 0) is 0 Å². The minimum atomic E-state index is 0.299. The van der Waals surface area contributed by atoms with Crippen LogP contribution in [0.25, 0.3) is 0 Å². The van der Waals surface area contributed by atoms with Gasteiger partial charge in [0.1, 0.15) is 5.75 Å². The summed E-state index contributed by atoms with van der Waals surface area (Å²) in [5, 5.41) is 0.660. The first kappa shape index (κ1) is 14.3. The number of ether oxygens (including phenoxy) is 1. The van der Waals surface area contributed by atoms with Crippen molar-refractivity contribution in [3.05, 3.63) is 28.8 Å². The van der Waals surface area contributed by atoms with Gasteiger partial charge in [0.05, 0.1) is 11.6 Å². The number of nitrogens with two attached hydrogens (primary N) is 1. The van der Waals surface area contributed by atoms with Gasteiger partial charge in [-0.1, -0.05) is 17.7 Å². The van der Waals surface area contributed by atoms with Gasteiger partial charge < -0.3 is 15.4 Å². The molecule has 0 amide bonds. The third kappa shape index (κ3) is 3.87. The standard InChI is InChI=1S/C13H21ClN2O/c1-4-17-13-6-5-10(9-11(13)14)12(7-8-15)16(2)3/h5-6,9,12H,4,7-8,15H2,1-3H3. The molecule has 0 fully saturated rings. The van der Waals surface area contributed by atoms with E-state index < -0.39 is 0 Å². The van der Waals surface area contributed by atoms with Crippen molar-refractivity contribution < 1.29 is 4.74 Å². The summed E-state index contributed by atoms with van der Waals surface area (Å²) in [6.45, 7) is 3.23. The Balaban J connectivity index is 2.93. The van der Waals surface area contributed by atoms with Crippen LogP contribution < -0.4 is 10.5 Å². The van der Waals surface area contributed by atoms with Crippen LogP contribution in [0.3, 0.4) is 0 Å². The van der Waals surface area contributed by atoms with Crippen molar-refractivity contribution in [2.24, 2.45) is 5.73 Å². The highest BCUT2D eigenvalue weighted by atomic mass is 35.5. The fraction of sp³-hybridized carbons (Fsp3) is 0.538. The molecule has 0 saturated carbocycles. The molecule has 0 bridgehead atoms. The molecular weight excluding hydrogens is 236 g/mol. The van der Waals surface area contributed by atoms with E-state index in [1.165, 1.54) is 5.56 Å². The molecule has 2 N–H and O–H groups in total. The number of hydrogen-bond donors (Lipinski definition) is 1. The Kier molecular flexibility index (Phi) is 5.75. The third-order valence-corrected chi connectivity index (χ3v) is 3.00.